The average molecular weight is 234 g/mol. The molecular weight excluding hydrogens is 212 g/mol. The monoisotopic (exact) mass is 234 g/mol. The van der Waals surface area contributed by atoms with Gasteiger partial charge in [0.15, 0.2) is 5.78 Å². The standard InChI is InChI=1S/C15H22O2/c1-11(2)17-10-12-6-8-13(9-7-12)14(16)15(3,4)5/h6-9,11H,10H2,1-5H3. The van der Waals surface area contributed by atoms with Crippen molar-refractivity contribution in [3.8, 4) is 0 Å². The van der Waals surface area contributed by atoms with E-state index >= 15 is 0 Å². The Bertz CT molecular complexity index is 369. The lowest BCUT2D eigenvalue weighted by molar-refractivity contribution is 0.0656. The first kappa shape index (κ1) is 13.9. The summed E-state index contributed by atoms with van der Waals surface area (Å²) in [4.78, 5) is 12.0. The molecule has 0 aliphatic carbocycles. The molecule has 0 aliphatic heterocycles. The number of carbonyl (C=O) groups excluding carboxylic acids is 1. The Morgan fingerprint density at radius 3 is 2.12 bits per heavy atom. The third kappa shape index (κ3) is 4.31. The maximum absolute atomic E-state index is 12.0. The summed E-state index contributed by atoms with van der Waals surface area (Å²) in [5.74, 6) is 0.175. The maximum atomic E-state index is 12.0. The molecule has 0 unspecified atom stereocenters. The lowest BCUT2D eigenvalue weighted by atomic mass is 9.86. The Morgan fingerprint density at radius 1 is 1.18 bits per heavy atom. The molecule has 0 heterocycles. The van der Waals surface area contributed by atoms with Crippen molar-refractivity contribution in [3.63, 3.8) is 0 Å². The highest BCUT2D eigenvalue weighted by Crippen LogP contribution is 2.21. The molecule has 2 nitrogen and oxygen atoms in total. The van der Waals surface area contributed by atoms with E-state index in [2.05, 4.69) is 0 Å². The average Bonchev–Trinajstić information content (AvgIpc) is 2.25. The quantitative estimate of drug-likeness (QED) is 0.740. The Hall–Kier alpha value is -1.15. The van der Waals surface area contributed by atoms with Crippen molar-refractivity contribution in [2.75, 3.05) is 0 Å². The van der Waals surface area contributed by atoms with Crippen LogP contribution in [0, 0.1) is 5.41 Å². The molecule has 0 saturated carbocycles. The van der Waals surface area contributed by atoms with Gasteiger partial charge in [0.25, 0.3) is 0 Å². The number of Topliss-reactive ketones (excluding diaryl/α,β-unsaturated/α-hetero) is 1. The molecule has 0 spiro atoms. The van der Waals surface area contributed by atoms with Gasteiger partial charge in [0.05, 0.1) is 12.7 Å². The summed E-state index contributed by atoms with van der Waals surface area (Å²) in [6.07, 6.45) is 0.228. The molecule has 1 aromatic rings. The van der Waals surface area contributed by atoms with Crippen LogP contribution in [0.2, 0.25) is 0 Å². The maximum Gasteiger partial charge on any atom is 0.168 e. The lowest BCUT2D eigenvalue weighted by Crippen LogP contribution is -2.20. The summed E-state index contributed by atoms with van der Waals surface area (Å²) in [5, 5.41) is 0. The van der Waals surface area contributed by atoms with E-state index < -0.39 is 0 Å². The van der Waals surface area contributed by atoms with Gasteiger partial charge in [-0.25, -0.2) is 0 Å². The van der Waals surface area contributed by atoms with Crippen molar-refractivity contribution >= 4 is 5.78 Å². The van der Waals surface area contributed by atoms with E-state index in [0.29, 0.717) is 6.61 Å². The summed E-state index contributed by atoms with van der Waals surface area (Å²) >= 11 is 0. The van der Waals surface area contributed by atoms with Gasteiger partial charge >= 0.3 is 0 Å². The predicted molar refractivity (Wildman–Crippen MR) is 70.2 cm³/mol. The summed E-state index contributed by atoms with van der Waals surface area (Å²) in [7, 11) is 0. The van der Waals surface area contributed by atoms with E-state index in [1.807, 2.05) is 58.9 Å². The second-order valence-electron chi connectivity index (χ2n) is 5.64. The van der Waals surface area contributed by atoms with Gasteiger partial charge in [-0.05, 0) is 19.4 Å². The van der Waals surface area contributed by atoms with Gasteiger partial charge in [-0.1, -0.05) is 45.0 Å². The van der Waals surface area contributed by atoms with Crippen LogP contribution in [0.4, 0.5) is 0 Å². The molecule has 0 N–H and O–H groups in total. The summed E-state index contributed by atoms with van der Waals surface area (Å²) in [6.45, 7) is 10.4. The SMILES string of the molecule is CC(C)OCc1ccc(C(=O)C(C)(C)C)cc1. The Kier molecular flexibility index (Phi) is 4.47. The van der Waals surface area contributed by atoms with Crippen molar-refractivity contribution in [2.24, 2.45) is 5.41 Å². The van der Waals surface area contributed by atoms with Gasteiger partial charge in [-0.2, -0.15) is 0 Å². The van der Waals surface area contributed by atoms with Crippen molar-refractivity contribution in [3.05, 3.63) is 35.4 Å². The van der Waals surface area contributed by atoms with Crippen LogP contribution < -0.4 is 0 Å². The molecule has 0 amide bonds. The van der Waals surface area contributed by atoms with Gasteiger partial charge in [0, 0.05) is 11.0 Å². The largest absolute Gasteiger partial charge is 0.374 e. The first-order valence-corrected chi connectivity index (χ1v) is 6.06. The number of carbonyl (C=O) groups is 1. The van der Waals surface area contributed by atoms with Crippen LogP contribution in [0.3, 0.4) is 0 Å². The number of hydrogen-bond acceptors (Lipinski definition) is 2. The number of benzene rings is 1. The molecule has 0 radical (unpaired) electrons. The number of ketones is 1. The number of ether oxygens (including phenoxy) is 1. The molecule has 17 heavy (non-hydrogen) atoms. The van der Waals surface area contributed by atoms with Crippen molar-refractivity contribution < 1.29 is 9.53 Å². The van der Waals surface area contributed by atoms with E-state index in [9.17, 15) is 4.79 Å². The zero-order valence-electron chi connectivity index (χ0n) is 11.4. The van der Waals surface area contributed by atoms with Gasteiger partial charge < -0.3 is 4.74 Å². The van der Waals surface area contributed by atoms with Crippen molar-refractivity contribution in [1.29, 1.82) is 0 Å². The van der Waals surface area contributed by atoms with Gasteiger partial charge in [0.2, 0.25) is 0 Å². The summed E-state index contributed by atoms with van der Waals surface area (Å²) < 4.78 is 5.51. The number of hydrogen-bond donors (Lipinski definition) is 0. The van der Waals surface area contributed by atoms with E-state index in [1.54, 1.807) is 0 Å². The van der Waals surface area contributed by atoms with E-state index in [-0.39, 0.29) is 17.3 Å². The second-order valence-corrected chi connectivity index (χ2v) is 5.64. The second kappa shape index (κ2) is 5.46. The smallest absolute Gasteiger partial charge is 0.168 e. The third-order valence-corrected chi connectivity index (χ3v) is 2.48. The molecule has 0 atom stereocenters. The Balaban J connectivity index is 2.71. The molecular formula is C15H22O2. The van der Waals surface area contributed by atoms with Crippen molar-refractivity contribution in [1.82, 2.24) is 0 Å². The normalized spacial score (nSPS) is 11.9. The zero-order valence-corrected chi connectivity index (χ0v) is 11.4. The summed E-state index contributed by atoms with van der Waals surface area (Å²) in [5.41, 5.74) is 1.55. The minimum absolute atomic E-state index is 0.175. The number of rotatable bonds is 4. The highest BCUT2D eigenvalue weighted by atomic mass is 16.5. The van der Waals surface area contributed by atoms with Crippen LogP contribution in [0.15, 0.2) is 24.3 Å². The molecule has 1 rings (SSSR count). The van der Waals surface area contributed by atoms with Crippen LogP contribution in [0.1, 0.15) is 50.5 Å². The van der Waals surface area contributed by atoms with Crippen LogP contribution in [0.25, 0.3) is 0 Å². The first-order chi connectivity index (χ1) is 7.80. The van der Waals surface area contributed by atoms with Crippen LogP contribution in [-0.2, 0) is 11.3 Å². The molecule has 94 valence electrons. The minimum Gasteiger partial charge on any atom is -0.374 e. The lowest BCUT2D eigenvalue weighted by Gasteiger charge is -2.16. The van der Waals surface area contributed by atoms with Crippen molar-refractivity contribution in [2.45, 2.75) is 47.3 Å². The molecule has 0 bridgehead atoms. The summed E-state index contributed by atoms with van der Waals surface area (Å²) in [6, 6.07) is 7.68. The topological polar surface area (TPSA) is 26.3 Å². The van der Waals surface area contributed by atoms with E-state index in [1.165, 1.54) is 0 Å². The Morgan fingerprint density at radius 2 is 1.71 bits per heavy atom. The van der Waals surface area contributed by atoms with E-state index in [0.717, 1.165) is 11.1 Å². The predicted octanol–water partition coefficient (Wildman–Crippen LogP) is 3.84. The van der Waals surface area contributed by atoms with E-state index in [4.69, 9.17) is 4.74 Å². The zero-order chi connectivity index (χ0) is 13.1. The first-order valence-electron chi connectivity index (χ1n) is 6.06. The van der Waals surface area contributed by atoms with Crippen LogP contribution in [-0.4, -0.2) is 11.9 Å². The molecule has 0 aliphatic rings. The third-order valence-electron chi connectivity index (χ3n) is 2.48. The van der Waals surface area contributed by atoms with Gasteiger partial charge in [-0.15, -0.1) is 0 Å². The molecule has 2 heteroatoms. The molecule has 1 aromatic carbocycles. The fraction of sp³-hybridized carbons (Fsp3) is 0.533. The fourth-order valence-corrected chi connectivity index (χ4v) is 1.45. The van der Waals surface area contributed by atoms with Gasteiger partial charge in [-0.3, -0.25) is 4.79 Å². The fourth-order valence-electron chi connectivity index (χ4n) is 1.45. The minimum atomic E-state index is -0.323. The van der Waals surface area contributed by atoms with Crippen LogP contribution in [0.5, 0.6) is 0 Å². The highest BCUT2D eigenvalue weighted by molar-refractivity contribution is 5.99. The van der Waals surface area contributed by atoms with Crippen LogP contribution >= 0.6 is 0 Å². The Labute approximate surface area is 104 Å². The molecule has 0 aromatic heterocycles. The molecule has 0 saturated heterocycles. The molecule has 0 fully saturated rings. The van der Waals surface area contributed by atoms with Gasteiger partial charge in [0.1, 0.15) is 0 Å². The highest BCUT2D eigenvalue weighted by Gasteiger charge is 2.22.